The monoisotopic (exact) mass is 524 g/mol. The van der Waals surface area contributed by atoms with Crippen LogP contribution in [0.15, 0.2) is 0 Å². The second-order valence-corrected chi connectivity index (χ2v) is 12.1. The standard InChI is InChI=1S/C33H64O4/c1-6-31(25-26-33(35)37-28-20-14-16-22-30(4)5)23-17-11-9-7-8-10-12-18-24-32(34)36-27-19-13-15-21-29(2)3/h29-31H,6-28H2,1-5H3. The van der Waals surface area contributed by atoms with Gasteiger partial charge in [0.1, 0.15) is 0 Å². The number of esters is 2. The summed E-state index contributed by atoms with van der Waals surface area (Å²) in [6, 6.07) is 0. The highest BCUT2D eigenvalue weighted by Crippen LogP contribution is 2.20. The van der Waals surface area contributed by atoms with Crippen LogP contribution in [0.5, 0.6) is 0 Å². The van der Waals surface area contributed by atoms with Crippen molar-refractivity contribution in [2.45, 2.75) is 169 Å². The van der Waals surface area contributed by atoms with Gasteiger partial charge in [0, 0.05) is 12.8 Å². The van der Waals surface area contributed by atoms with Crippen molar-refractivity contribution >= 4 is 11.9 Å². The van der Waals surface area contributed by atoms with E-state index < -0.39 is 0 Å². The summed E-state index contributed by atoms with van der Waals surface area (Å²) in [5, 5.41) is 0. The summed E-state index contributed by atoms with van der Waals surface area (Å²) in [6.07, 6.45) is 23.6. The van der Waals surface area contributed by atoms with Gasteiger partial charge in [-0.05, 0) is 43.4 Å². The number of rotatable bonds is 27. The fraction of sp³-hybridized carbons (Fsp3) is 0.939. The van der Waals surface area contributed by atoms with Crippen LogP contribution in [0.4, 0.5) is 0 Å². The second kappa shape index (κ2) is 26.5. The highest BCUT2D eigenvalue weighted by atomic mass is 16.5. The molecule has 1 atom stereocenters. The molecule has 0 aromatic carbocycles. The Hall–Kier alpha value is -1.06. The zero-order chi connectivity index (χ0) is 27.6. The quantitative estimate of drug-likeness (QED) is 0.0792. The van der Waals surface area contributed by atoms with Gasteiger partial charge in [-0.25, -0.2) is 0 Å². The van der Waals surface area contributed by atoms with E-state index in [-0.39, 0.29) is 11.9 Å². The van der Waals surface area contributed by atoms with E-state index in [1.807, 2.05) is 0 Å². The minimum absolute atomic E-state index is 0.00678. The number of carbonyl (C=O) groups is 2. The van der Waals surface area contributed by atoms with Crippen LogP contribution >= 0.6 is 0 Å². The molecule has 0 aliphatic rings. The number of hydrogen-bond acceptors (Lipinski definition) is 4. The van der Waals surface area contributed by atoms with E-state index >= 15 is 0 Å². The van der Waals surface area contributed by atoms with Crippen LogP contribution in [0.2, 0.25) is 0 Å². The summed E-state index contributed by atoms with van der Waals surface area (Å²) in [5.74, 6) is 2.16. The van der Waals surface area contributed by atoms with Crippen molar-refractivity contribution in [1.29, 1.82) is 0 Å². The van der Waals surface area contributed by atoms with Gasteiger partial charge in [-0.1, -0.05) is 131 Å². The van der Waals surface area contributed by atoms with Crippen molar-refractivity contribution < 1.29 is 19.1 Å². The van der Waals surface area contributed by atoms with Crippen LogP contribution in [0, 0.1) is 17.8 Å². The lowest BCUT2D eigenvalue weighted by atomic mass is 9.93. The van der Waals surface area contributed by atoms with Gasteiger partial charge in [-0.3, -0.25) is 9.59 Å². The Bertz CT molecular complexity index is 514. The molecule has 0 aromatic heterocycles. The summed E-state index contributed by atoms with van der Waals surface area (Å²) in [6.45, 7) is 12.5. The van der Waals surface area contributed by atoms with Crippen LogP contribution in [0.3, 0.4) is 0 Å². The highest BCUT2D eigenvalue weighted by Gasteiger charge is 2.10. The lowest BCUT2D eigenvalue weighted by Gasteiger charge is -2.14. The average molecular weight is 525 g/mol. The van der Waals surface area contributed by atoms with E-state index in [1.165, 1.54) is 70.6 Å². The maximum atomic E-state index is 12.0. The van der Waals surface area contributed by atoms with Gasteiger partial charge in [-0.15, -0.1) is 0 Å². The minimum atomic E-state index is -0.0142. The van der Waals surface area contributed by atoms with Crippen molar-refractivity contribution in [2.24, 2.45) is 17.8 Å². The summed E-state index contributed by atoms with van der Waals surface area (Å²) in [7, 11) is 0. The van der Waals surface area contributed by atoms with E-state index in [2.05, 4.69) is 34.6 Å². The topological polar surface area (TPSA) is 52.6 Å². The van der Waals surface area contributed by atoms with Crippen LogP contribution < -0.4 is 0 Å². The molecule has 37 heavy (non-hydrogen) atoms. The third-order valence-corrected chi connectivity index (χ3v) is 7.46. The average Bonchev–Trinajstić information content (AvgIpc) is 2.85. The summed E-state index contributed by atoms with van der Waals surface area (Å²) in [5.41, 5.74) is 0. The molecule has 0 N–H and O–H groups in total. The predicted octanol–water partition coefficient (Wildman–Crippen LogP) is 10.2. The maximum absolute atomic E-state index is 12.0. The van der Waals surface area contributed by atoms with Gasteiger partial charge in [-0.2, -0.15) is 0 Å². The van der Waals surface area contributed by atoms with Gasteiger partial charge >= 0.3 is 11.9 Å². The largest absolute Gasteiger partial charge is 0.466 e. The summed E-state index contributed by atoms with van der Waals surface area (Å²) < 4.78 is 10.8. The molecule has 0 saturated carbocycles. The fourth-order valence-corrected chi connectivity index (χ4v) is 4.82. The Morgan fingerprint density at radius 1 is 0.486 bits per heavy atom. The highest BCUT2D eigenvalue weighted by molar-refractivity contribution is 5.69. The first-order valence-corrected chi connectivity index (χ1v) is 16.2. The first-order valence-electron chi connectivity index (χ1n) is 16.2. The van der Waals surface area contributed by atoms with E-state index in [0.717, 1.165) is 63.2 Å². The third kappa shape index (κ3) is 27.8. The molecule has 220 valence electrons. The van der Waals surface area contributed by atoms with Crippen LogP contribution in [0.1, 0.15) is 169 Å². The molecule has 0 spiro atoms. The SMILES string of the molecule is CCC(CCCCCCCCCCC(=O)OCCCCCC(C)C)CCC(=O)OCCCCCC(C)C. The lowest BCUT2D eigenvalue weighted by molar-refractivity contribution is -0.145. The van der Waals surface area contributed by atoms with E-state index in [4.69, 9.17) is 9.47 Å². The van der Waals surface area contributed by atoms with Crippen molar-refractivity contribution in [3.8, 4) is 0 Å². The van der Waals surface area contributed by atoms with Crippen molar-refractivity contribution in [3.63, 3.8) is 0 Å². The van der Waals surface area contributed by atoms with Crippen LogP contribution in [0.25, 0.3) is 0 Å². The Labute approximate surface area is 231 Å². The molecule has 0 saturated heterocycles. The molecule has 0 rings (SSSR count). The second-order valence-electron chi connectivity index (χ2n) is 12.1. The number of hydrogen-bond donors (Lipinski definition) is 0. The Balaban J connectivity index is 3.48. The maximum Gasteiger partial charge on any atom is 0.305 e. The van der Waals surface area contributed by atoms with E-state index in [9.17, 15) is 9.59 Å². The Kier molecular flexibility index (Phi) is 25.8. The zero-order valence-corrected chi connectivity index (χ0v) is 25.6. The Morgan fingerprint density at radius 3 is 1.38 bits per heavy atom. The molecule has 4 heteroatoms. The molecule has 0 heterocycles. The third-order valence-electron chi connectivity index (χ3n) is 7.46. The van der Waals surface area contributed by atoms with Gasteiger partial charge in [0.2, 0.25) is 0 Å². The summed E-state index contributed by atoms with van der Waals surface area (Å²) >= 11 is 0. The van der Waals surface area contributed by atoms with Crippen molar-refractivity contribution in [2.75, 3.05) is 13.2 Å². The molecule has 1 unspecified atom stereocenters. The first kappa shape index (κ1) is 35.9. The lowest BCUT2D eigenvalue weighted by Crippen LogP contribution is -2.09. The van der Waals surface area contributed by atoms with Crippen LogP contribution in [-0.4, -0.2) is 25.2 Å². The number of carbonyl (C=O) groups excluding carboxylic acids is 2. The first-order chi connectivity index (χ1) is 17.8. The molecule has 0 amide bonds. The minimum Gasteiger partial charge on any atom is -0.466 e. The van der Waals surface area contributed by atoms with Gasteiger partial charge in [0.05, 0.1) is 13.2 Å². The fourth-order valence-electron chi connectivity index (χ4n) is 4.82. The zero-order valence-electron chi connectivity index (χ0n) is 25.6. The molecular formula is C33H64O4. The number of ether oxygens (including phenoxy) is 2. The molecule has 0 aliphatic heterocycles. The smallest absolute Gasteiger partial charge is 0.305 e. The molecular weight excluding hydrogens is 460 g/mol. The molecule has 0 aromatic rings. The molecule has 0 bridgehead atoms. The summed E-state index contributed by atoms with van der Waals surface area (Å²) in [4.78, 5) is 23.8. The van der Waals surface area contributed by atoms with Crippen molar-refractivity contribution in [3.05, 3.63) is 0 Å². The van der Waals surface area contributed by atoms with Gasteiger partial charge in [0.25, 0.3) is 0 Å². The van der Waals surface area contributed by atoms with Gasteiger partial charge in [0.15, 0.2) is 0 Å². The van der Waals surface area contributed by atoms with E-state index in [0.29, 0.717) is 32.0 Å². The molecule has 0 fully saturated rings. The van der Waals surface area contributed by atoms with E-state index in [1.54, 1.807) is 0 Å². The molecule has 0 radical (unpaired) electrons. The Morgan fingerprint density at radius 2 is 0.892 bits per heavy atom. The molecule has 4 nitrogen and oxygen atoms in total. The molecule has 0 aliphatic carbocycles. The van der Waals surface area contributed by atoms with Crippen molar-refractivity contribution in [1.82, 2.24) is 0 Å². The normalized spacial score (nSPS) is 12.3. The number of unbranched alkanes of at least 4 members (excludes halogenated alkanes) is 11. The van der Waals surface area contributed by atoms with Gasteiger partial charge < -0.3 is 9.47 Å². The van der Waals surface area contributed by atoms with Crippen LogP contribution in [-0.2, 0) is 19.1 Å². The predicted molar refractivity (Wildman–Crippen MR) is 158 cm³/mol.